The zero-order chi connectivity index (χ0) is 22.0. The summed E-state index contributed by atoms with van der Waals surface area (Å²) in [6, 6.07) is 12.6. The van der Waals surface area contributed by atoms with Crippen molar-refractivity contribution in [3.05, 3.63) is 77.1 Å². The molecule has 0 saturated carbocycles. The minimum Gasteiger partial charge on any atom is -0.495 e. The number of pyridine rings is 1. The van der Waals surface area contributed by atoms with Crippen molar-refractivity contribution in [2.24, 2.45) is 0 Å². The second-order valence-electron chi connectivity index (χ2n) is 6.90. The molecule has 31 heavy (non-hydrogen) atoms. The third-order valence-electron chi connectivity index (χ3n) is 4.92. The molecule has 9 heteroatoms. The number of fused-ring (bicyclic) bond motifs is 1. The Balaban J connectivity index is 1.47. The average Bonchev–Trinajstić information content (AvgIpc) is 3.26. The van der Waals surface area contributed by atoms with E-state index >= 15 is 0 Å². The van der Waals surface area contributed by atoms with Crippen LogP contribution >= 0.6 is 11.6 Å². The summed E-state index contributed by atoms with van der Waals surface area (Å²) in [5.41, 5.74) is 2.01. The maximum Gasteiger partial charge on any atom is 0.206 e. The van der Waals surface area contributed by atoms with Gasteiger partial charge in [-0.3, -0.25) is 9.89 Å². The molecule has 0 aliphatic rings. The van der Waals surface area contributed by atoms with E-state index in [1.165, 1.54) is 43.6 Å². The normalized spacial score (nSPS) is 11.5. The summed E-state index contributed by atoms with van der Waals surface area (Å²) in [6.07, 6.45) is 3.91. The lowest BCUT2D eigenvalue weighted by atomic mass is 10.0. The molecule has 0 saturated heterocycles. The van der Waals surface area contributed by atoms with Gasteiger partial charge in [0, 0.05) is 29.6 Å². The lowest BCUT2D eigenvalue weighted by molar-refractivity contribution is 0.0982. The van der Waals surface area contributed by atoms with E-state index in [1.54, 1.807) is 24.4 Å². The first-order valence-electron chi connectivity index (χ1n) is 9.38. The fourth-order valence-electron chi connectivity index (χ4n) is 3.17. The minimum absolute atomic E-state index is 0.0412. The van der Waals surface area contributed by atoms with E-state index in [0.29, 0.717) is 28.4 Å². The van der Waals surface area contributed by atoms with Gasteiger partial charge in [0.05, 0.1) is 28.1 Å². The number of ketones is 1. The Labute approximate surface area is 184 Å². The van der Waals surface area contributed by atoms with Gasteiger partial charge in [-0.05, 0) is 42.3 Å². The van der Waals surface area contributed by atoms with Crippen molar-refractivity contribution in [3.8, 4) is 5.75 Å². The van der Waals surface area contributed by atoms with Crippen molar-refractivity contribution >= 4 is 38.3 Å². The molecular weight excluding hydrogens is 438 g/mol. The van der Waals surface area contributed by atoms with E-state index in [1.807, 2.05) is 0 Å². The van der Waals surface area contributed by atoms with Crippen molar-refractivity contribution in [2.75, 3.05) is 7.11 Å². The largest absolute Gasteiger partial charge is 0.495 e. The van der Waals surface area contributed by atoms with E-state index in [9.17, 15) is 13.2 Å². The Morgan fingerprint density at radius 1 is 1.06 bits per heavy atom. The van der Waals surface area contributed by atoms with Crippen LogP contribution in [-0.2, 0) is 16.3 Å². The number of ether oxygens (including phenoxy) is 1. The second-order valence-corrected chi connectivity index (χ2v) is 9.26. The summed E-state index contributed by atoms with van der Waals surface area (Å²) in [6.45, 7) is 0. The van der Waals surface area contributed by atoms with Crippen LogP contribution < -0.4 is 4.74 Å². The van der Waals surface area contributed by atoms with Gasteiger partial charge in [0.15, 0.2) is 11.4 Å². The molecule has 4 rings (SSSR count). The quantitative estimate of drug-likeness (QED) is 0.417. The molecule has 0 aliphatic heterocycles. The van der Waals surface area contributed by atoms with Crippen LogP contribution in [0.1, 0.15) is 22.3 Å². The average molecular weight is 456 g/mol. The number of carbonyl (C=O) groups excluding carboxylic acids is 1. The molecule has 0 aliphatic carbocycles. The van der Waals surface area contributed by atoms with Crippen LogP contribution in [0, 0.1) is 0 Å². The first-order valence-corrected chi connectivity index (χ1v) is 11.2. The third-order valence-corrected chi connectivity index (χ3v) is 7.00. The number of aromatic nitrogens is 3. The number of H-pyrrole nitrogens is 1. The van der Waals surface area contributed by atoms with Crippen LogP contribution in [0.25, 0.3) is 11.0 Å². The van der Waals surface area contributed by atoms with Crippen LogP contribution in [0.4, 0.5) is 0 Å². The number of Topliss-reactive ketones (excluding diaryl/α,β-unsaturated/α-hetero) is 1. The predicted molar refractivity (Wildman–Crippen MR) is 116 cm³/mol. The number of aromatic amines is 1. The van der Waals surface area contributed by atoms with Gasteiger partial charge < -0.3 is 4.74 Å². The molecule has 0 fully saturated rings. The van der Waals surface area contributed by atoms with Gasteiger partial charge in [-0.2, -0.15) is 5.10 Å². The van der Waals surface area contributed by atoms with E-state index < -0.39 is 9.84 Å². The first kappa shape index (κ1) is 21.0. The minimum atomic E-state index is -3.72. The Kier molecular flexibility index (Phi) is 5.75. The topological polar surface area (TPSA) is 102 Å². The van der Waals surface area contributed by atoms with Crippen LogP contribution in [-0.4, -0.2) is 36.5 Å². The van der Waals surface area contributed by atoms with Crippen molar-refractivity contribution in [1.29, 1.82) is 0 Å². The molecule has 0 spiro atoms. The molecule has 2 heterocycles. The molecule has 4 aromatic rings. The fourth-order valence-corrected chi connectivity index (χ4v) is 4.64. The van der Waals surface area contributed by atoms with Crippen LogP contribution in [0.2, 0.25) is 5.02 Å². The molecule has 158 valence electrons. The summed E-state index contributed by atoms with van der Waals surface area (Å²) in [5.74, 6) is 0.251. The van der Waals surface area contributed by atoms with Crippen molar-refractivity contribution < 1.29 is 17.9 Å². The molecule has 0 bridgehead atoms. The summed E-state index contributed by atoms with van der Waals surface area (Å²) < 4.78 is 30.9. The number of rotatable bonds is 7. The number of sulfone groups is 1. The molecule has 2 aromatic heterocycles. The number of nitrogens with zero attached hydrogens (tertiary/aromatic N) is 2. The number of hydrogen-bond acceptors (Lipinski definition) is 6. The zero-order valence-corrected chi connectivity index (χ0v) is 18.1. The highest BCUT2D eigenvalue weighted by atomic mass is 35.5. The number of methoxy groups -OCH3 is 1. The molecule has 1 N–H and O–H groups in total. The van der Waals surface area contributed by atoms with E-state index in [2.05, 4.69) is 15.2 Å². The smallest absolute Gasteiger partial charge is 0.206 e. The van der Waals surface area contributed by atoms with Crippen LogP contribution in [0.15, 0.2) is 70.7 Å². The molecule has 2 aromatic carbocycles. The predicted octanol–water partition coefficient (Wildman–Crippen LogP) is 4.27. The molecule has 0 unspecified atom stereocenters. The molecule has 0 atom stereocenters. The van der Waals surface area contributed by atoms with Gasteiger partial charge in [0.2, 0.25) is 9.84 Å². The lowest BCUT2D eigenvalue weighted by Crippen LogP contribution is -2.04. The Morgan fingerprint density at radius 3 is 2.55 bits per heavy atom. The highest BCUT2D eigenvalue weighted by molar-refractivity contribution is 7.91. The maximum atomic E-state index is 12.9. The molecular formula is C22H18ClN3O4S. The number of hydrogen-bond donors (Lipinski definition) is 1. The van der Waals surface area contributed by atoms with Crippen molar-refractivity contribution in [1.82, 2.24) is 15.2 Å². The Bertz CT molecular complexity index is 1370. The van der Waals surface area contributed by atoms with Crippen LogP contribution in [0.5, 0.6) is 5.75 Å². The second kappa shape index (κ2) is 8.49. The molecule has 7 nitrogen and oxygen atoms in total. The highest BCUT2D eigenvalue weighted by Crippen LogP contribution is 2.30. The fraction of sp³-hybridized carbons (Fsp3) is 0.136. The standard InChI is InChI=1S/C22H18ClN3O4S/c1-30-21-11-18(7-8-19(21)23)31(28,29)17-5-2-14(3-6-17)4-9-20(27)15-10-16-13-25-26-22(16)24-12-15/h2-3,5-8,10-13H,4,9H2,1H3,(H,24,25,26). The van der Waals surface area contributed by atoms with Crippen molar-refractivity contribution in [2.45, 2.75) is 22.6 Å². The van der Waals surface area contributed by atoms with Crippen molar-refractivity contribution in [3.63, 3.8) is 0 Å². The molecule has 0 amide bonds. The van der Waals surface area contributed by atoms with E-state index in [-0.39, 0.29) is 22.0 Å². The van der Waals surface area contributed by atoms with Gasteiger partial charge >= 0.3 is 0 Å². The number of aryl methyl sites for hydroxylation is 1. The number of benzene rings is 2. The van der Waals surface area contributed by atoms with E-state index in [0.717, 1.165) is 10.9 Å². The zero-order valence-electron chi connectivity index (χ0n) is 16.5. The van der Waals surface area contributed by atoms with E-state index in [4.69, 9.17) is 16.3 Å². The highest BCUT2D eigenvalue weighted by Gasteiger charge is 2.19. The number of halogens is 1. The number of nitrogens with one attached hydrogen (secondary N) is 1. The first-order chi connectivity index (χ1) is 14.9. The third kappa shape index (κ3) is 4.30. The SMILES string of the molecule is COc1cc(S(=O)(=O)c2ccc(CCC(=O)c3cnc4[nH]ncc4c3)cc2)ccc1Cl. The maximum absolute atomic E-state index is 12.9. The summed E-state index contributed by atoms with van der Waals surface area (Å²) in [4.78, 5) is 16.9. The monoisotopic (exact) mass is 455 g/mol. The van der Waals surface area contributed by atoms with Gasteiger partial charge in [-0.1, -0.05) is 23.7 Å². The van der Waals surface area contributed by atoms with Gasteiger partial charge in [-0.15, -0.1) is 0 Å². The molecule has 0 radical (unpaired) electrons. The summed E-state index contributed by atoms with van der Waals surface area (Å²) in [7, 11) is -2.29. The van der Waals surface area contributed by atoms with Gasteiger partial charge in [0.25, 0.3) is 0 Å². The number of carbonyl (C=O) groups is 1. The van der Waals surface area contributed by atoms with Gasteiger partial charge in [-0.25, -0.2) is 13.4 Å². The summed E-state index contributed by atoms with van der Waals surface area (Å²) >= 11 is 5.98. The van der Waals surface area contributed by atoms with Crippen LogP contribution in [0.3, 0.4) is 0 Å². The lowest BCUT2D eigenvalue weighted by Gasteiger charge is -2.09. The summed E-state index contributed by atoms with van der Waals surface area (Å²) in [5, 5.41) is 7.76. The van der Waals surface area contributed by atoms with Gasteiger partial charge in [0.1, 0.15) is 5.75 Å². The Morgan fingerprint density at radius 2 is 1.81 bits per heavy atom. The Hall–Kier alpha value is -3.23.